The van der Waals surface area contributed by atoms with Gasteiger partial charge in [0.15, 0.2) is 0 Å². The van der Waals surface area contributed by atoms with E-state index >= 15 is 0 Å². The highest BCUT2D eigenvalue weighted by Crippen LogP contribution is 2.20. The second kappa shape index (κ2) is 14.3. The van der Waals surface area contributed by atoms with Crippen molar-refractivity contribution in [1.82, 2.24) is 9.62 Å². The predicted octanol–water partition coefficient (Wildman–Crippen LogP) is 4.22. The number of nitrogens with zero attached hydrogens (tertiary/aromatic N) is 1. The van der Waals surface area contributed by atoms with Crippen molar-refractivity contribution in [2.24, 2.45) is 0 Å². The summed E-state index contributed by atoms with van der Waals surface area (Å²) in [5.41, 5.74) is 0. The van der Waals surface area contributed by atoms with Crippen LogP contribution in [0, 0.1) is 0 Å². The first kappa shape index (κ1) is 25.5. The van der Waals surface area contributed by atoms with E-state index in [0.29, 0.717) is 18.1 Å². The third-order valence-corrected chi connectivity index (χ3v) is 6.98. The second-order valence-corrected chi connectivity index (χ2v) is 9.95. The summed E-state index contributed by atoms with van der Waals surface area (Å²) in [5, 5.41) is 0. The molecule has 1 saturated carbocycles. The maximum atomic E-state index is 12.1. The van der Waals surface area contributed by atoms with Crippen LogP contribution in [-0.2, 0) is 19.6 Å². The predicted molar refractivity (Wildman–Crippen MR) is 126 cm³/mol. The second-order valence-electron chi connectivity index (χ2n) is 7.32. The third-order valence-electron chi connectivity index (χ3n) is 4.91. The molecule has 4 rings (SSSR count). The van der Waals surface area contributed by atoms with Gasteiger partial charge in [0.25, 0.3) is 0 Å². The molecular formula is C23H31BrN2O4S. The van der Waals surface area contributed by atoms with Gasteiger partial charge in [-0.2, -0.15) is 0 Å². The zero-order chi connectivity index (χ0) is 22.4. The summed E-state index contributed by atoms with van der Waals surface area (Å²) in [6.07, 6.45) is 6.23. The van der Waals surface area contributed by atoms with E-state index < -0.39 is 10.0 Å². The molecule has 1 saturated heterocycles. The Labute approximate surface area is 194 Å². The van der Waals surface area contributed by atoms with Gasteiger partial charge in [0.2, 0.25) is 16.4 Å². The molecule has 0 bridgehead atoms. The quantitative estimate of drug-likeness (QED) is 0.624. The van der Waals surface area contributed by atoms with Crippen molar-refractivity contribution >= 4 is 32.4 Å². The minimum Gasteiger partial charge on any atom is -0.378 e. The first-order valence-corrected chi connectivity index (χ1v) is 12.8. The lowest BCUT2D eigenvalue weighted by atomic mass is 9.96. The molecule has 1 N–H and O–H groups in total. The van der Waals surface area contributed by atoms with Crippen LogP contribution < -0.4 is 4.72 Å². The van der Waals surface area contributed by atoms with Gasteiger partial charge in [0.1, 0.15) is 0 Å². The van der Waals surface area contributed by atoms with E-state index in [1.165, 1.54) is 6.42 Å². The van der Waals surface area contributed by atoms with E-state index in [4.69, 9.17) is 4.74 Å². The van der Waals surface area contributed by atoms with E-state index in [-0.39, 0.29) is 6.04 Å². The lowest BCUT2D eigenvalue weighted by Crippen LogP contribution is -2.36. The van der Waals surface area contributed by atoms with E-state index in [0.717, 1.165) is 49.7 Å². The first-order valence-electron chi connectivity index (χ1n) is 10.6. The van der Waals surface area contributed by atoms with Crippen molar-refractivity contribution < 1.29 is 17.9 Å². The lowest BCUT2D eigenvalue weighted by Gasteiger charge is -2.22. The van der Waals surface area contributed by atoms with Crippen molar-refractivity contribution in [2.75, 3.05) is 26.3 Å². The van der Waals surface area contributed by atoms with Gasteiger partial charge in [-0.15, -0.1) is 0 Å². The summed E-state index contributed by atoms with van der Waals surface area (Å²) in [6, 6.07) is 18.8. The number of carbonyl (C=O) groups is 1. The fourth-order valence-corrected chi connectivity index (χ4v) is 4.76. The Kier molecular flexibility index (Phi) is 11.8. The van der Waals surface area contributed by atoms with Crippen LogP contribution in [0.1, 0.15) is 32.1 Å². The molecule has 0 atom stereocenters. The number of ether oxygens (including phenoxy) is 1. The van der Waals surface area contributed by atoms with Gasteiger partial charge in [-0.3, -0.25) is 4.79 Å². The molecule has 2 aromatic rings. The van der Waals surface area contributed by atoms with Crippen molar-refractivity contribution in [3.8, 4) is 0 Å². The number of hydrogen-bond donors (Lipinski definition) is 1. The van der Waals surface area contributed by atoms with E-state index in [2.05, 4.69) is 20.7 Å². The molecule has 0 aromatic heterocycles. The number of carbonyl (C=O) groups excluding carboxylic acids is 1. The summed E-state index contributed by atoms with van der Waals surface area (Å²) in [6.45, 7) is 2.89. The van der Waals surface area contributed by atoms with Crippen LogP contribution in [-0.4, -0.2) is 52.1 Å². The molecule has 170 valence electrons. The van der Waals surface area contributed by atoms with Crippen molar-refractivity contribution in [3.05, 3.63) is 65.1 Å². The largest absolute Gasteiger partial charge is 0.378 e. The Bertz CT molecular complexity index is 809. The molecule has 31 heavy (non-hydrogen) atoms. The highest BCUT2D eigenvalue weighted by atomic mass is 79.9. The van der Waals surface area contributed by atoms with E-state index in [1.54, 1.807) is 29.2 Å². The van der Waals surface area contributed by atoms with Gasteiger partial charge in [-0.1, -0.05) is 71.6 Å². The van der Waals surface area contributed by atoms with Crippen LogP contribution in [0.2, 0.25) is 0 Å². The van der Waals surface area contributed by atoms with Gasteiger partial charge in [-0.05, 0) is 37.1 Å². The van der Waals surface area contributed by atoms with Crippen LogP contribution in [0.4, 0.5) is 0 Å². The molecule has 1 aliphatic carbocycles. The van der Waals surface area contributed by atoms with E-state index in [1.807, 2.05) is 36.4 Å². The maximum Gasteiger partial charge on any atom is 0.240 e. The van der Waals surface area contributed by atoms with Crippen LogP contribution in [0.3, 0.4) is 0 Å². The molecule has 8 heteroatoms. The lowest BCUT2D eigenvalue weighted by molar-refractivity contribution is -0.121. The van der Waals surface area contributed by atoms with Crippen LogP contribution in [0.25, 0.3) is 0 Å². The van der Waals surface area contributed by atoms with Crippen molar-refractivity contribution in [3.63, 3.8) is 0 Å². The zero-order valence-corrected chi connectivity index (χ0v) is 20.1. The SMILES string of the molecule is O=CN1CCOCC1.O=S(=O)(NC1CCCCC1)c1ccc(Br)cc1.c1ccccc1. The normalized spacial score (nSPS) is 16.9. The van der Waals surface area contributed by atoms with Crippen molar-refractivity contribution in [1.29, 1.82) is 0 Å². The maximum absolute atomic E-state index is 12.1. The molecule has 1 heterocycles. The number of benzene rings is 2. The zero-order valence-electron chi connectivity index (χ0n) is 17.7. The van der Waals surface area contributed by atoms with Gasteiger partial charge in [-0.25, -0.2) is 13.1 Å². The highest BCUT2D eigenvalue weighted by Gasteiger charge is 2.21. The topological polar surface area (TPSA) is 75.7 Å². The molecule has 0 radical (unpaired) electrons. The number of rotatable bonds is 4. The molecule has 2 aromatic carbocycles. The summed E-state index contributed by atoms with van der Waals surface area (Å²) < 4.78 is 32.8. The van der Waals surface area contributed by atoms with Crippen LogP contribution in [0.5, 0.6) is 0 Å². The van der Waals surface area contributed by atoms with Gasteiger partial charge in [0, 0.05) is 23.6 Å². The Morgan fingerprint density at radius 2 is 1.42 bits per heavy atom. The number of hydrogen-bond acceptors (Lipinski definition) is 4. The third kappa shape index (κ3) is 10.4. The van der Waals surface area contributed by atoms with Gasteiger partial charge < -0.3 is 9.64 Å². The first-order chi connectivity index (χ1) is 15.0. The molecular weight excluding hydrogens is 480 g/mol. The van der Waals surface area contributed by atoms with Crippen molar-refractivity contribution in [2.45, 2.75) is 43.0 Å². The van der Waals surface area contributed by atoms with Gasteiger partial charge in [0.05, 0.1) is 18.1 Å². The van der Waals surface area contributed by atoms with Crippen LogP contribution >= 0.6 is 15.9 Å². The average Bonchev–Trinajstić information content (AvgIpc) is 2.82. The molecule has 0 spiro atoms. The standard InChI is InChI=1S/C12H16BrNO2S.C6H6.C5H9NO2/c13-10-6-8-12(9-7-10)17(15,16)14-11-4-2-1-3-5-11;1-2-4-6-5-3-1;7-5-6-1-3-8-4-2-6/h6-9,11,14H,1-5H2;1-6H;5H,1-4H2. The molecule has 1 aliphatic heterocycles. The van der Waals surface area contributed by atoms with E-state index in [9.17, 15) is 13.2 Å². The number of amides is 1. The Balaban J connectivity index is 0.000000200. The number of sulfonamides is 1. The average molecular weight is 511 g/mol. The van der Waals surface area contributed by atoms with Gasteiger partial charge >= 0.3 is 0 Å². The summed E-state index contributed by atoms with van der Waals surface area (Å²) in [5.74, 6) is 0. The fraction of sp³-hybridized carbons (Fsp3) is 0.435. The Hall–Kier alpha value is -1.74. The highest BCUT2D eigenvalue weighted by molar-refractivity contribution is 9.10. The fourth-order valence-electron chi connectivity index (χ4n) is 3.19. The number of halogens is 1. The Morgan fingerprint density at radius 3 is 1.87 bits per heavy atom. The smallest absolute Gasteiger partial charge is 0.240 e. The molecule has 0 unspecified atom stereocenters. The minimum atomic E-state index is -3.35. The molecule has 2 fully saturated rings. The molecule has 1 amide bonds. The minimum absolute atomic E-state index is 0.109. The number of nitrogens with one attached hydrogen (secondary N) is 1. The summed E-state index contributed by atoms with van der Waals surface area (Å²) in [4.78, 5) is 12.1. The summed E-state index contributed by atoms with van der Waals surface area (Å²) >= 11 is 3.30. The van der Waals surface area contributed by atoms with Crippen LogP contribution in [0.15, 0.2) is 70.0 Å². The summed E-state index contributed by atoms with van der Waals surface area (Å²) in [7, 11) is -3.35. The monoisotopic (exact) mass is 510 g/mol. The Morgan fingerprint density at radius 1 is 0.903 bits per heavy atom. The molecule has 6 nitrogen and oxygen atoms in total. The molecule has 2 aliphatic rings. The number of morpholine rings is 1.